The third-order valence-corrected chi connectivity index (χ3v) is 8.19. The molecule has 10 atom stereocenters. The number of hydrogen-bond acceptors (Lipinski definition) is 18. The zero-order chi connectivity index (χ0) is 38.9. The molecule has 2 fully saturated rings. The quantitative estimate of drug-likeness (QED) is 0.0791. The van der Waals surface area contributed by atoms with Gasteiger partial charge in [-0.25, -0.2) is 0 Å². The Hall–Kier alpha value is -4.36. The van der Waals surface area contributed by atoms with Gasteiger partial charge >= 0.3 is 11.9 Å². The number of rotatable bonds is 14. The molecule has 0 aliphatic carbocycles. The SMILES string of the molecule is COC(=O)CNC(=O)CN(C(=O)c1ccc(C(=O)N(CC(=O)NCC(=O)OC)[C@@H]2O[C@H](CO)[C@H](O)[C@H](O)[C@H]2O)cc1)[C@@H]1O[C@H](CO)[C@H](O)[C@H](O)[C@H]1O. The Kier molecular flexibility index (Phi) is 15.3. The minimum atomic E-state index is -2.01. The highest BCUT2D eigenvalue weighted by Gasteiger charge is 2.49. The summed E-state index contributed by atoms with van der Waals surface area (Å²) in [5.74, 6) is -5.68. The first kappa shape index (κ1) is 42.1. The van der Waals surface area contributed by atoms with E-state index in [4.69, 9.17) is 9.47 Å². The fraction of sp³-hybridized carbons (Fsp3) is 0.600. The molecule has 290 valence electrons. The van der Waals surface area contributed by atoms with Gasteiger partial charge in [0.15, 0.2) is 12.5 Å². The van der Waals surface area contributed by atoms with Gasteiger partial charge in [-0.05, 0) is 24.3 Å². The van der Waals surface area contributed by atoms with Gasteiger partial charge in [-0.3, -0.25) is 28.8 Å². The Labute approximate surface area is 295 Å². The van der Waals surface area contributed by atoms with Crippen molar-refractivity contribution in [3.63, 3.8) is 0 Å². The average Bonchev–Trinajstić information content (AvgIpc) is 3.15. The Balaban J connectivity index is 1.94. The Morgan fingerprint density at radius 2 is 0.923 bits per heavy atom. The van der Waals surface area contributed by atoms with Crippen molar-refractivity contribution in [3.8, 4) is 0 Å². The predicted octanol–water partition coefficient (Wildman–Crippen LogP) is -7.25. The molecule has 0 spiro atoms. The van der Waals surface area contributed by atoms with Crippen molar-refractivity contribution < 1.29 is 88.6 Å². The molecule has 4 amide bonds. The van der Waals surface area contributed by atoms with Crippen LogP contribution in [0.15, 0.2) is 24.3 Å². The van der Waals surface area contributed by atoms with E-state index in [-0.39, 0.29) is 11.1 Å². The summed E-state index contributed by atoms with van der Waals surface area (Å²) in [6, 6.07) is 4.28. The fourth-order valence-corrected chi connectivity index (χ4v) is 5.23. The van der Waals surface area contributed by atoms with Gasteiger partial charge in [0.1, 0.15) is 75.0 Å². The lowest BCUT2D eigenvalue weighted by Gasteiger charge is -2.44. The van der Waals surface area contributed by atoms with Gasteiger partial charge in [-0.15, -0.1) is 0 Å². The number of ether oxygens (including phenoxy) is 4. The molecule has 0 aromatic heterocycles. The maximum Gasteiger partial charge on any atom is 0.325 e. The molecule has 0 saturated carbocycles. The lowest BCUT2D eigenvalue weighted by molar-refractivity contribution is -0.257. The van der Waals surface area contributed by atoms with Crippen molar-refractivity contribution in [2.75, 3.05) is 53.6 Å². The topological polar surface area (TPSA) is 332 Å². The summed E-state index contributed by atoms with van der Waals surface area (Å²) in [6.07, 6.45) is -18.1. The van der Waals surface area contributed by atoms with Crippen LogP contribution in [0.25, 0.3) is 0 Å². The zero-order valence-electron chi connectivity index (χ0n) is 27.9. The number of methoxy groups -OCH3 is 2. The molecular weight excluding hydrogens is 704 g/mol. The summed E-state index contributed by atoms with van der Waals surface area (Å²) >= 11 is 0. The molecule has 1 aromatic carbocycles. The third kappa shape index (κ3) is 9.94. The van der Waals surface area contributed by atoms with E-state index in [1.54, 1.807) is 0 Å². The van der Waals surface area contributed by atoms with Crippen LogP contribution in [0.4, 0.5) is 0 Å². The van der Waals surface area contributed by atoms with Crippen LogP contribution in [0.2, 0.25) is 0 Å². The predicted molar refractivity (Wildman–Crippen MR) is 166 cm³/mol. The maximum absolute atomic E-state index is 13.8. The number of nitrogens with zero attached hydrogens (tertiary/aromatic N) is 2. The monoisotopic (exact) mass is 746 g/mol. The molecule has 52 heavy (non-hydrogen) atoms. The second-order valence-corrected chi connectivity index (χ2v) is 11.6. The normalized spacial score (nSPS) is 28.6. The van der Waals surface area contributed by atoms with Crippen LogP contribution in [0.5, 0.6) is 0 Å². The number of carbonyl (C=O) groups excluding carboxylic acids is 6. The van der Waals surface area contributed by atoms with Crippen LogP contribution in [0.1, 0.15) is 20.7 Å². The van der Waals surface area contributed by atoms with Crippen LogP contribution in [-0.2, 0) is 38.1 Å². The molecule has 0 bridgehead atoms. The van der Waals surface area contributed by atoms with Crippen molar-refractivity contribution >= 4 is 35.6 Å². The molecule has 10 N–H and O–H groups in total. The van der Waals surface area contributed by atoms with E-state index >= 15 is 0 Å². The molecular formula is C30H42N4O18. The highest BCUT2D eigenvalue weighted by Crippen LogP contribution is 2.27. The van der Waals surface area contributed by atoms with E-state index in [1.807, 2.05) is 0 Å². The fourth-order valence-electron chi connectivity index (χ4n) is 5.23. The molecule has 2 saturated heterocycles. The van der Waals surface area contributed by atoms with Gasteiger partial charge in [-0.2, -0.15) is 0 Å². The highest BCUT2D eigenvalue weighted by atomic mass is 16.6. The molecule has 0 radical (unpaired) electrons. The van der Waals surface area contributed by atoms with Crippen molar-refractivity contribution in [2.45, 2.75) is 61.3 Å². The van der Waals surface area contributed by atoms with Crippen molar-refractivity contribution in [1.82, 2.24) is 20.4 Å². The molecule has 2 heterocycles. The standard InChI is InChI=1S/C30H42N4O18/c1-49-19(39)7-31-17(37)9-33(29-25(45)23(43)21(41)15(11-35)51-29)27(47)13-3-5-14(6-4-13)28(48)34(10-18(38)32-8-20(40)50-2)30-26(46)24(44)22(42)16(12-36)52-30/h3-6,15-16,21-26,29-30,35-36,41-46H,7-12H2,1-2H3,(H,31,37)(H,32,38)/t15-,16-,21+,22+,23+,24+,25-,26-,29-,30-/m1/s1. The van der Waals surface area contributed by atoms with E-state index in [0.29, 0.717) is 9.80 Å². The smallest absolute Gasteiger partial charge is 0.325 e. The molecule has 0 unspecified atom stereocenters. The number of amides is 4. The van der Waals surface area contributed by atoms with Crippen LogP contribution >= 0.6 is 0 Å². The van der Waals surface area contributed by atoms with Crippen molar-refractivity contribution in [1.29, 1.82) is 0 Å². The average molecular weight is 747 g/mol. The highest BCUT2D eigenvalue weighted by molar-refractivity contribution is 6.00. The lowest BCUT2D eigenvalue weighted by Crippen LogP contribution is -2.65. The number of nitrogens with one attached hydrogen (secondary N) is 2. The van der Waals surface area contributed by atoms with Gasteiger partial charge in [0.25, 0.3) is 11.8 Å². The van der Waals surface area contributed by atoms with Gasteiger partial charge in [0.2, 0.25) is 11.8 Å². The van der Waals surface area contributed by atoms with E-state index in [1.165, 1.54) is 0 Å². The third-order valence-electron chi connectivity index (χ3n) is 8.19. The van der Waals surface area contributed by atoms with E-state index < -0.39 is 136 Å². The van der Waals surface area contributed by atoms with Gasteiger partial charge in [0, 0.05) is 11.1 Å². The summed E-state index contributed by atoms with van der Waals surface area (Å²) in [4.78, 5) is 77.3. The second-order valence-electron chi connectivity index (χ2n) is 11.6. The summed E-state index contributed by atoms with van der Waals surface area (Å²) < 4.78 is 19.8. The molecule has 2 aliphatic heterocycles. The molecule has 1 aromatic rings. The minimum absolute atomic E-state index is 0.260. The summed E-state index contributed by atoms with van der Waals surface area (Å²) in [5, 5.41) is 86.1. The summed E-state index contributed by atoms with van der Waals surface area (Å²) in [5.41, 5.74) is -0.519. The molecule has 3 rings (SSSR count). The van der Waals surface area contributed by atoms with E-state index in [2.05, 4.69) is 20.1 Å². The first-order valence-electron chi connectivity index (χ1n) is 15.6. The van der Waals surface area contributed by atoms with Gasteiger partial charge < -0.3 is 80.2 Å². The van der Waals surface area contributed by atoms with Crippen LogP contribution in [-0.4, -0.2) is 201 Å². The van der Waals surface area contributed by atoms with Gasteiger partial charge in [0.05, 0.1) is 27.4 Å². The lowest BCUT2D eigenvalue weighted by atomic mass is 9.97. The van der Waals surface area contributed by atoms with Crippen LogP contribution in [0, 0.1) is 0 Å². The Bertz CT molecular complexity index is 1320. The number of aliphatic hydroxyl groups excluding tert-OH is 8. The molecule has 22 heteroatoms. The number of hydrogen-bond donors (Lipinski definition) is 10. The van der Waals surface area contributed by atoms with Crippen molar-refractivity contribution in [3.05, 3.63) is 35.4 Å². The maximum atomic E-state index is 13.8. The summed E-state index contributed by atoms with van der Waals surface area (Å²) in [7, 11) is 2.13. The minimum Gasteiger partial charge on any atom is -0.468 e. The Morgan fingerprint density at radius 1 is 0.596 bits per heavy atom. The largest absolute Gasteiger partial charge is 0.468 e. The second kappa shape index (κ2) is 18.9. The number of benzene rings is 1. The first-order valence-corrected chi connectivity index (χ1v) is 15.6. The molecule has 2 aliphatic rings. The number of carbonyl (C=O) groups is 6. The molecule has 22 nitrogen and oxygen atoms in total. The Morgan fingerprint density at radius 3 is 1.21 bits per heavy atom. The van der Waals surface area contributed by atoms with Crippen LogP contribution < -0.4 is 10.6 Å². The number of aliphatic hydroxyl groups is 8. The van der Waals surface area contributed by atoms with E-state index in [9.17, 15) is 69.6 Å². The number of esters is 2. The van der Waals surface area contributed by atoms with Crippen molar-refractivity contribution in [2.24, 2.45) is 0 Å². The summed E-state index contributed by atoms with van der Waals surface area (Å²) in [6.45, 7) is -4.72. The van der Waals surface area contributed by atoms with Gasteiger partial charge in [-0.1, -0.05) is 0 Å². The zero-order valence-corrected chi connectivity index (χ0v) is 27.9. The first-order chi connectivity index (χ1) is 24.6. The van der Waals surface area contributed by atoms with E-state index in [0.717, 1.165) is 38.5 Å². The van der Waals surface area contributed by atoms with Crippen LogP contribution in [0.3, 0.4) is 0 Å².